The Morgan fingerprint density at radius 3 is 2.44 bits per heavy atom. The van der Waals surface area contributed by atoms with Crippen LogP contribution in [-0.4, -0.2) is 25.6 Å². The average molecular weight is 465 g/mol. The Kier molecular flexibility index (Phi) is 5.98. The van der Waals surface area contributed by atoms with Gasteiger partial charge in [0.25, 0.3) is 0 Å². The van der Waals surface area contributed by atoms with Gasteiger partial charge in [0, 0.05) is 17.1 Å². The summed E-state index contributed by atoms with van der Waals surface area (Å²) in [5.74, 6) is -0.671. The molecule has 1 N–H and O–H groups in total. The maximum Gasteiger partial charge on any atom is 0.186 e. The minimum Gasteiger partial charge on any atom is -0.318 e. The highest BCUT2D eigenvalue weighted by molar-refractivity contribution is 8.19. The molecule has 7 heteroatoms. The monoisotopic (exact) mass is 464 g/mol. The number of hydrogen-bond donors (Lipinski definition) is 1. The van der Waals surface area contributed by atoms with Gasteiger partial charge in [-0.2, -0.15) is 0 Å². The predicted octanol–water partition coefficient (Wildman–Crippen LogP) is 6.22. The highest BCUT2D eigenvalue weighted by Crippen LogP contribution is 2.42. The van der Waals surface area contributed by atoms with E-state index >= 15 is 0 Å². The van der Waals surface area contributed by atoms with Gasteiger partial charge >= 0.3 is 0 Å². The first-order chi connectivity index (χ1) is 15.1. The molecule has 2 aromatic heterocycles. The molecule has 0 saturated carbocycles. The molecule has 5 nitrogen and oxygen atoms in total. The number of nitrogens with zero attached hydrogens (tertiary/aromatic N) is 3. The molecule has 32 heavy (non-hydrogen) atoms. The number of hydrogen-bond acceptors (Lipinski definition) is 6. The van der Waals surface area contributed by atoms with Crippen LogP contribution in [0.2, 0.25) is 0 Å². The number of ketones is 1. The fourth-order valence-corrected chi connectivity index (χ4v) is 5.87. The number of carbonyl (C=O) groups excluding carboxylic acids is 1. The molecule has 4 rings (SSSR count). The third-order valence-electron chi connectivity index (χ3n) is 5.77. The van der Waals surface area contributed by atoms with Crippen molar-refractivity contribution in [3.8, 4) is 5.69 Å². The van der Waals surface area contributed by atoms with E-state index in [4.69, 9.17) is 5.41 Å². The first-order valence-corrected chi connectivity index (χ1v) is 12.4. The number of benzene rings is 1. The Balaban J connectivity index is 1.65. The maximum atomic E-state index is 13.1. The number of Topliss-reactive ketones (excluding diaryl/α,β-unsaturated/α-hetero) is 1. The number of nitrogens with one attached hydrogen (secondary N) is 1. The van der Waals surface area contributed by atoms with Crippen molar-refractivity contribution in [2.45, 2.75) is 59.3 Å². The van der Waals surface area contributed by atoms with Crippen LogP contribution in [0.3, 0.4) is 0 Å². The van der Waals surface area contributed by atoms with E-state index in [-0.39, 0.29) is 11.2 Å². The molecule has 0 radical (unpaired) electrons. The van der Waals surface area contributed by atoms with E-state index in [2.05, 4.69) is 79.7 Å². The summed E-state index contributed by atoms with van der Waals surface area (Å²) in [6.45, 7) is 12.8. The third-order valence-corrected chi connectivity index (χ3v) is 7.89. The van der Waals surface area contributed by atoms with Crippen LogP contribution < -0.4 is 0 Å². The minimum atomic E-state index is -0.613. The lowest BCUT2D eigenvalue weighted by Crippen LogP contribution is -2.11. The molecule has 1 saturated heterocycles. The van der Waals surface area contributed by atoms with Crippen molar-refractivity contribution in [3.63, 3.8) is 0 Å². The summed E-state index contributed by atoms with van der Waals surface area (Å²) in [4.78, 5) is 13.7. The molecule has 0 unspecified atom stereocenters. The van der Waals surface area contributed by atoms with Crippen molar-refractivity contribution in [3.05, 3.63) is 67.8 Å². The molecule has 0 amide bonds. The maximum absolute atomic E-state index is 13.1. The molecule has 1 aliphatic rings. The van der Waals surface area contributed by atoms with E-state index in [0.717, 1.165) is 34.1 Å². The zero-order chi connectivity index (χ0) is 23.2. The van der Waals surface area contributed by atoms with Crippen LogP contribution in [0, 0.1) is 19.3 Å². The number of aryl methyl sites for hydroxylation is 2. The van der Waals surface area contributed by atoms with Gasteiger partial charge < -0.3 is 4.57 Å². The zero-order valence-electron chi connectivity index (χ0n) is 19.3. The molecule has 0 aliphatic carbocycles. The second kappa shape index (κ2) is 8.45. The molecular weight excluding hydrogens is 436 g/mol. The Labute approximate surface area is 197 Å². The number of carbonyl (C=O) groups is 1. The highest BCUT2D eigenvalue weighted by Gasteiger charge is 2.39. The van der Waals surface area contributed by atoms with Gasteiger partial charge in [-0.1, -0.05) is 51.6 Å². The van der Waals surface area contributed by atoms with Gasteiger partial charge in [0.2, 0.25) is 0 Å². The molecule has 1 aromatic carbocycles. The molecule has 1 fully saturated rings. The van der Waals surface area contributed by atoms with Crippen LogP contribution in [-0.2, 0) is 16.6 Å². The van der Waals surface area contributed by atoms with Crippen LogP contribution in [0.5, 0.6) is 0 Å². The molecule has 166 valence electrons. The third kappa shape index (κ3) is 4.11. The fraction of sp³-hybridized carbons (Fsp3) is 0.360. The van der Waals surface area contributed by atoms with Crippen molar-refractivity contribution >= 4 is 40.0 Å². The largest absolute Gasteiger partial charge is 0.318 e. The standard InChI is InChI=1S/C25H28N4OS2/c1-7-20-27-28-24(32-20)21-22(30)19(31-23(21)26)13-16-12-14(2)29(15(16)3)18-10-8-17(9-11-18)25(4,5)6/h8-13,21,26H,7H2,1-6H3/b19-13-,26-23?/t21-/m1/s1. The van der Waals surface area contributed by atoms with Crippen molar-refractivity contribution < 1.29 is 4.79 Å². The van der Waals surface area contributed by atoms with Crippen LogP contribution in [0.25, 0.3) is 11.8 Å². The van der Waals surface area contributed by atoms with E-state index in [0.29, 0.717) is 15.0 Å². The van der Waals surface area contributed by atoms with E-state index in [1.165, 1.54) is 28.7 Å². The number of thioether (sulfide) groups is 1. The molecule has 3 aromatic rings. The summed E-state index contributed by atoms with van der Waals surface area (Å²) >= 11 is 2.66. The lowest BCUT2D eigenvalue weighted by atomic mass is 9.87. The Morgan fingerprint density at radius 1 is 1.16 bits per heavy atom. The quantitative estimate of drug-likeness (QED) is 0.465. The van der Waals surface area contributed by atoms with Crippen LogP contribution in [0.1, 0.15) is 66.1 Å². The van der Waals surface area contributed by atoms with Crippen molar-refractivity contribution in [1.29, 1.82) is 5.41 Å². The van der Waals surface area contributed by atoms with Gasteiger partial charge in [-0.25, -0.2) is 0 Å². The smallest absolute Gasteiger partial charge is 0.186 e. The first-order valence-electron chi connectivity index (χ1n) is 10.7. The number of rotatable bonds is 4. The zero-order valence-corrected chi connectivity index (χ0v) is 20.9. The van der Waals surface area contributed by atoms with Crippen molar-refractivity contribution in [1.82, 2.24) is 14.8 Å². The molecule has 3 heterocycles. The van der Waals surface area contributed by atoms with Gasteiger partial charge in [-0.15, -0.1) is 21.5 Å². The normalized spacial score (nSPS) is 18.2. The van der Waals surface area contributed by atoms with Gasteiger partial charge in [-0.05, 0) is 61.1 Å². The molecule has 1 aliphatic heterocycles. The molecule has 0 spiro atoms. The van der Waals surface area contributed by atoms with Crippen LogP contribution in [0.15, 0.2) is 35.2 Å². The summed E-state index contributed by atoms with van der Waals surface area (Å²) < 4.78 is 2.21. The summed E-state index contributed by atoms with van der Waals surface area (Å²) in [6, 6.07) is 10.8. The summed E-state index contributed by atoms with van der Waals surface area (Å²) in [6.07, 6.45) is 2.70. The number of allylic oxidation sites excluding steroid dienone is 1. The lowest BCUT2D eigenvalue weighted by Gasteiger charge is -2.20. The molecular formula is C25H28N4OS2. The van der Waals surface area contributed by atoms with Gasteiger partial charge in [0.05, 0.1) is 9.95 Å². The SMILES string of the molecule is CCc1nnc([C@H]2C(=N)S/C(=C\c3cc(C)n(-c4ccc(C(C)(C)C)cc4)c3C)C2=O)s1. The Bertz CT molecular complexity index is 1230. The van der Waals surface area contributed by atoms with E-state index < -0.39 is 5.92 Å². The summed E-state index contributed by atoms with van der Waals surface area (Å²) in [5, 5.41) is 18.5. The average Bonchev–Trinajstić information content (AvgIpc) is 3.38. The van der Waals surface area contributed by atoms with Gasteiger partial charge in [-0.3, -0.25) is 10.2 Å². The van der Waals surface area contributed by atoms with Crippen LogP contribution in [0.4, 0.5) is 0 Å². The van der Waals surface area contributed by atoms with Gasteiger partial charge in [0.1, 0.15) is 15.9 Å². The number of aromatic nitrogens is 3. The topological polar surface area (TPSA) is 71.6 Å². The van der Waals surface area contributed by atoms with Crippen molar-refractivity contribution in [2.24, 2.45) is 0 Å². The summed E-state index contributed by atoms with van der Waals surface area (Å²) in [7, 11) is 0. The second-order valence-corrected chi connectivity index (χ2v) is 11.3. The summed E-state index contributed by atoms with van der Waals surface area (Å²) in [5.41, 5.74) is 5.70. The van der Waals surface area contributed by atoms with Crippen molar-refractivity contribution in [2.75, 3.05) is 0 Å². The Hall–Kier alpha value is -2.51. The minimum absolute atomic E-state index is 0.0573. The van der Waals surface area contributed by atoms with Crippen LogP contribution >= 0.6 is 23.1 Å². The van der Waals surface area contributed by atoms with E-state index in [9.17, 15) is 4.79 Å². The van der Waals surface area contributed by atoms with Gasteiger partial charge in [0.15, 0.2) is 5.78 Å². The predicted molar refractivity (Wildman–Crippen MR) is 134 cm³/mol. The first kappa shape index (κ1) is 22.7. The van der Waals surface area contributed by atoms with E-state index in [1.54, 1.807) is 0 Å². The Morgan fingerprint density at radius 2 is 1.84 bits per heavy atom. The van der Waals surface area contributed by atoms with E-state index in [1.807, 2.05) is 13.0 Å². The molecule has 1 atom stereocenters. The fourth-order valence-electron chi connectivity index (χ4n) is 3.92. The second-order valence-electron chi connectivity index (χ2n) is 9.12. The highest BCUT2D eigenvalue weighted by atomic mass is 32.2. The lowest BCUT2D eigenvalue weighted by molar-refractivity contribution is -0.114. The molecule has 0 bridgehead atoms.